The molecular weight excluding hydrogens is 179 g/mol. The van der Waals surface area contributed by atoms with Gasteiger partial charge in [-0.1, -0.05) is 23.7 Å². The Morgan fingerprint density at radius 1 is 1.42 bits per heavy atom. The summed E-state index contributed by atoms with van der Waals surface area (Å²) in [5.41, 5.74) is 1.10. The lowest BCUT2D eigenvalue weighted by molar-refractivity contribution is 0.104. The van der Waals surface area contributed by atoms with E-state index in [-0.39, 0.29) is 5.56 Å². The summed E-state index contributed by atoms with van der Waals surface area (Å²) in [7, 11) is 0. The minimum absolute atomic E-state index is 0.0365. The van der Waals surface area contributed by atoms with Gasteiger partial charge in [-0.15, -0.1) is 0 Å². The molecule has 0 fully saturated rings. The van der Waals surface area contributed by atoms with Gasteiger partial charge in [0.1, 0.15) is 5.82 Å². The molecule has 0 unspecified atom stereocenters. The Balaban J connectivity index is 3.03. The quantitative estimate of drug-likeness (QED) is 0.510. The Labute approximate surface area is 74.5 Å². The SMILES string of the molecule is O=C(/C=C/Cl)c1ccccc1F. The average Bonchev–Trinajstić information content (AvgIpc) is 2.05. The van der Waals surface area contributed by atoms with Crippen LogP contribution in [0.2, 0.25) is 0 Å². The first kappa shape index (κ1) is 8.94. The number of ketones is 1. The van der Waals surface area contributed by atoms with Crippen molar-refractivity contribution in [2.75, 3.05) is 0 Å². The first-order chi connectivity index (χ1) is 5.75. The molecule has 0 radical (unpaired) electrons. The third-order valence-corrected chi connectivity index (χ3v) is 1.48. The molecule has 0 heterocycles. The van der Waals surface area contributed by atoms with Crippen LogP contribution in [0, 0.1) is 5.82 Å². The molecule has 0 N–H and O–H groups in total. The number of hydrogen-bond acceptors (Lipinski definition) is 1. The minimum Gasteiger partial charge on any atom is -0.289 e. The fourth-order valence-electron chi connectivity index (χ4n) is 0.808. The summed E-state index contributed by atoms with van der Waals surface area (Å²) in [5.74, 6) is -0.958. The second-order valence-corrected chi connectivity index (χ2v) is 2.39. The third-order valence-electron chi connectivity index (χ3n) is 1.35. The largest absolute Gasteiger partial charge is 0.289 e. The predicted molar refractivity (Wildman–Crippen MR) is 45.7 cm³/mol. The van der Waals surface area contributed by atoms with Crippen LogP contribution in [0.1, 0.15) is 10.4 Å². The van der Waals surface area contributed by atoms with Gasteiger partial charge in [-0.05, 0) is 18.2 Å². The molecule has 0 aromatic heterocycles. The molecule has 0 spiro atoms. The standard InChI is InChI=1S/C9H6ClFO/c10-6-5-9(12)7-3-1-2-4-8(7)11/h1-6H/b6-5+. The zero-order chi connectivity index (χ0) is 8.97. The smallest absolute Gasteiger partial charge is 0.189 e. The van der Waals surface area contributed by atoms with E-state index in [1.54, 1.807) is 6.07 Å². The lowest BCUT2D eigenvalue weighted by Crippen LogP contribution is -1.97. The lowest BCUT2D eigenvalue weighted by Gasteiger charge is -1.95. The van der Waals surface area contributed by atoms with Crippen LogP contribution in [0.3, 0.4) is 0 Å². The topological polar surface area (TPSA) is 17.1 Å². The fraction of sp³-hybridized carbons (Fsp3) is 0. The normalized spacial score (nSPS) is 10.5. The van der Waals surface area contributed by atoms with Gasteiger partial charge in [0.15, 0.2) is 5.78 Å². The summed E-state index contributed by atoms with van der Waals surface area (Å²) in [4.78, 5) is 11.1. The van der Waals surface area contributed by atoms with Gasteiger partial charge in [-0.3, -0.25) is 4.79 Å². The highest BCUT2D eigenvalue weighted by molar-refractivity contribution is 6.27. The van der Waals surface area contributed by atoms with Crippen LogP contribution in [0.25, 0.3) is 0 Å². The molecule has 3 heteroatoms. The number of carbonyl (C=O) groups excluding carboxylic acids is 1. The maximum absolute atomic E-state index is 12.9. The van der Waals surface area contributed by atoms with Crippen LogP contribution >= 0.6 is 11.6 Å². The summed E-state index contributed by atoms with van der Waals surface area (Å²) >= 11 is 5.17. The van der Waals surface area contributed by atoms with Crippen LogP contribution < -0.4 is 0 Å². The van der Waals surface area contributed by atoms with Crippen LogP contribution in [0.15, 0.2) is 35.9 Å². The van der Waals surface area contributed by atoms with Crippen LogP contribution in [-0.2, 0) is 0 Å². The van der Waals surface area contributed by atoms with Crippen LogP contribution in [0.4, 0.5) is 4.39 Å². The molecule has 1 aromatic rings. The molecule has 0 aliphatic carbocycles. The first-order valence-electron chi connectivity index (χ1n) is 3.31. The van der Waals surface area contributed by atoms with Gasteiger partial charge in [0.25, 0.3) is 0 Å². The fourth-order valence-corrected chi connectivity index (χ4v) is 0.922. The van der Waals surface area contributed by atoms with Gasteiger partial charge in [0, 0.05) is 5.54 Å². The summed E-state index contributed by atoms with van der Waals surface area (Å²) < 4.78 is 12.9. The van der Waals surface area contributed by atoms with E-state index in [0.717, 1.165) is 11.6 Å². The minimum atomic E-state index is -0.530. The number of allylic oxidation sites excluding steroid dienone is 1. The molecule has 0 bridgehead atoms. The molecule has 0 aliphatic heterocycles. The van der Waals surface area contributed by atoms with Crippen LogP contribution in [0.5, 0.6) is 0 Å². The van der Waals surface area contributed by atoms with Crippen molar-refractivity contribution < 1.29 is 9.18 Å². The molecule has 0 saturated carbocycles. The number of carbonyl (C=O) groups is 1. The highest BCUT2D eigenvalue weighted by atomic mass is 35.5. The van der Waals surface area contributed by atoms with E-state index < -0.39 is 11.6 Å². The summed E-state index contributed by atoms with van der Waals surface area (Å²) in [6.07, 6.45) is 1.11. The number of benzene rings is 1. The molecule has 1 aromatic carbocycles. The first-order valence-corrected chi connectivity index (χ1v) is 3.75. The van der Waals surface area contributed by atoms with E-state index in [1.165, 1.54) is 18.2 Å². The monoisotopic (exact) mass is 184 g/mol. The van der Waals surface area contributed by atoms with E-state index in [9.17, 15) is 9.18 Å². The molecular formula is C9H6ClFO. The summed E-state index contributed by atoms with van der Waals surface area (Å²) in [6, 6.07) is 5.76. The van der Waals surface area contributed by atoms with Gasteiger partial charge in [0.2, 0.25) is 0 Å². The maximum Gasteiger partial charge on any atom is 0.189 e. The van der Waals surface area contributed by atoms with E-state index in [4.69, 9.17) is 11.6 Å². The van der Waals surface area contributed by atoms with E-state index in [2.05, 4.69) is 0 Å². The molecule has 12 heavy (non-hydrogen) atoms. The summed E-state index contributed by atoms with van der Waals surface area (Å²) in [6.45, 7) is 0. The number of halogens is 2. The van der Waals surface area contributed by atoms with Gasteiger partial charge in [-0.2, -0.15) is 0 Å². The van der Waals surface area contributed by atoms with Crippen molar-refractivity contribution in [3.63, 3.8) is 0 Å². The van der Waals surface area contributed by atoms with E-state index in [0.29, 0.717) is 0 Å². The molecule has 0 atom stereocenters. The van der Waals surface area contributed by atoms with Gasteiger partial charge < -0.3 is 0 Å². The number of rotatable bonds is 2. The molecule has 0 aliphatic rings. The van der Waals surface area contributed by atoms with Crippen molar-refractivity contribution in [3.8, 4) is 0 Å². The van der Waals surface area contributed by atoms with Gasteiger partial charge >= 0.3 is 0 Å². The Bertz CT molecular complexity index is 320. The zero-order valence-electron chi connectivity index (χ0n) is 6.13. The highest BCUT2D eigenvalue weighted by Crippen LogP contribution is 2.07. The van der Waals surface area contributed by atoms with Crippen molar-refractivity contribution >= 4 is 17.4 Å². The van der Waals surface area contributed by atoms with E-state index in [1.807, 2.05) is 0 Å². The second kappa shape index (κ2) is 4.02. The van der Waals surface area contributed by atoms with Crippen molar-refractivity contribution in [3.05, 3.63) is 47.3 Å². The Morgan fingerprint density at radius 3 is 2.67 bits per heavy atom. The highest BCUT2D eigenvalue weighted by Gasteiger charge is 2.06. The predicted octanol–water partition coefficient (Wildman–Crippen LogP) is 2.76. The Hall–Kier alpha value is -1.15. The maximum atomic E-state index is 12.9. The summed E-state index contributed by atoms with van der Waals surface area (Å²) in [5, 5.41) is 0. The number of hydrogen-bond donors (Lipinski definition) is 0. The van der Waals surface area contributed by atoms with Crippen molar-refractivity contribution in [1.82, 2.24) is 0 Å². The van der Waals surface area contributed by atoms with E-state index >= 15 is 0 Å². The molecule has 1 rings (SSSR count). The lowest BCUT2D eigenvalue weighted by atomic mass is 10.1. The zero-order valence-corrected chi connectivity index (χ0v) is 6.88. The van der Waals surface area contributed by atoms with Crippen molar-refractivity contribution in [1.29, 1.82) is 0 Å². The Morgan fingerprint density at radius 2 is 2.08 bits per heavy atom. The molecule has 62 valence electrons. The third kappa shape index (κ3) is 1.92. The molecule has 1 nitrogen and oxygen atoms in total. The second-order valence-electron chi connectivity index (χ2n) is 2.14. The van der Waals surface area contributed by atoms with Crippen LogP contribution in [-0.4, -0.2) is 5.78 Å². The average molecular weight is 185 g/mol. The van der Waals surface area contributed by atoms with Crippen molar-refractivity contribution in [2.24, 2.45) is 0 Å². The molecule has 0 saturated heterocycles. The molecule has 0 amide bonds. The van der Waals surface area contributed by atoms with Gasteiger partial charge in [0.05, 0.1) is 5.56 Å². The Kier molecular flexibility index (Phi) is 3.00. The van der Waals surface area contributed by atoms with Gasteiger partial charge in [-0.25, -0.2) is 4.39 Å². The van der Waals surface area contributed by atoms with Crippen molar-refractivity contribution in [2.45, 2.75) is 0 Å².